The molecule has 0 aliphatic carbocycles. The highest BCUT2D eigenvalue weighted by molar-refractivity contribution is 6.18. The Morgan fingerprint density at radius 2 is 1.64 bits per heavy atom. The van der Waals surface area contributed by atoms with Gasteiger partial charge in [0.05, 0.1) is 17.9 Å². The summed E-state index contributed by atoms with van der Waals surface area (Å²) in [5.41, 5.74) is 2.27. The predicted octanol–water partition coefficient (Wildman–Crippen LogP) is 4.07. The third-order valence-corrected chi connectivity index (χ3v) is 5.41. The fourth-order valence-electron chi connectivity index (χ4n) is 3.84. The average molecular weight is 440 g/mol. The molecule has 0 N–H and O–H groups in total. The van der Waals surface area contributed by atoms with Crippen molar-refractivity contribution < 1.29 is 9.59 Å². The summed E-state index contributed by atoms with van der Waals surface area (Å²) in [6, 6.07) is 16.8. The van der Waals surface area contributed by atoms with Gasteiger partial charge in [-0.15, -0.1) is 13.2 Å². The molecule has 1 aliphatic rings. The van der Waals surface area contributed by atoms with Gasteiger partial charge in [-0.2, -0.15) is 0 Å². The number of aromatic nitrogens is 2. The second-order valence-corrected chi connectivity index (χ2v) is 7.65. The Morgan fingerprint density at radius 1 is 1.00 bits per heavy atom. The zero-order valence-corrected chi connectivity index (χ0v) is 18.5. The summed E-state index contributed by atoms with van der Waals surface area (Å²) in [7, 11) is 1.69. The average Bonchev–Trinajstić information content (AvgIpc) is 2.93. The number of carbonyl (C=O) groups excluding carboxylic acids is 2. The zero-order valence-electron chi connectivity index (χ0n) is 18.5. The fraction of sp³-hybridized carbons (Fsp3) is 0.154. The number of nitrogens with zero attached hydrogens (tertiary/aromatic N) is 5. The molecule has 1 aromatic heterocycles. The lowest BCUT2D eigenvalue weighted by Crippen LogP contribution is -2.39. The molecule has 0 saturated heterocycles. The topological polar surface area (TPSA) is 69.6 Å². The molecule has 4 rings (SSSR count). The number of amides is 2. The first kappa shape index (κ1) is 22.1. The number of rotatable bonds is 7. The first-order valence-electron chi connectivity index (χ1n) is 10.6. The molecule has 0 atom stereocenters. The minimum absolute atomic E-state index is 0.106. The van der Waals surface area contributed by atoms with Gasteiger partial charge < -0.3 is 4.90 Å². The summed E-state index contributed by atoms with van der Waals surface area (Å²) in [4.78, 5) is 41.2. The van der Waals surface area contributed by atoms with Crippen LogP contribution in [-0.4, -0.2) is 53.4 Å². The van der Waals surface area contributed by atoms with E-state index in [-0.39, 0.29) is 29.7 Å². The van der Waals surface area contributed by atoms with Crippen LogP contribution in [0.25, 0.3) is 11.4 Å². The number of fused-ring (bicyclic) bond motifs is 2. The molecule has 0 saturated carbocycles. The molecule has 33 heavy (non-hydrogen) atoms. The fourth-order valence-corrected chi connectivity index (χ4v) is 3.84. The Balaban J connectivity index is 1.88. The van der Waals surface area contributed by atoms with Crippen molar-refractivity contribution >= 4 is 29.0 Å². The summed E-state index contributed by atoms with van der Waals surface area (Å²) >= 11 is 0. The van der Waals surface area contributed by atoms with Gasteiger partial charge in [0.15, 0.2) is 11.6 Å². The minimum atomic E-state index is -0.276. The maximum absolute atomic E-state index is 13.7. The number of benzene rings is 2. The van der Waals surface area contributed by atoms with E-state index in [1.807, 2.05) is 59.5 Å². The van der Waals surface area contributed by atoms with Crippen LogP contribution in [0.2, 0.25) is 0 Å². The number of para-hydroxylation sites is 2. The molecule has 2 amide bonds. The van der Waals surface area contributed by atoms with E-state index in [9.17, 15) is 9.59 Å². The Hall–Kier alpha value is -4.10. The SMILES string of the molecule is C=CCN(CC=C)CC(=O)N1c2ccccc2N(C)C(=O)c2cnc(-c3ccccc3)nc21. The molecule has 7 heteroatoms. The van der Waals surface area contributed by atoms with Crippen molar-refractivity contribution in [3.8, 4) is 11.4 Å². The first-order chi connectivity index (χ1) is 16.0. The Bertz CT molecular complexity index is 1200. The minimum Gasteiger partial charge on any atom is -0.309 e. The quantitative estimate of drug-likeness (QED) is 0.519. The van der Waals surface area contributed by atoms with Gasteiger partial charge in [0.2, 0.25) is 5.91 Å². The molecule has 0 radical (unpaired) electrons. The largest absolute Gasteiger partial charge is 0.309 e. The summed E-state index contributed by atoms with van der Waals surface area (Å²) in [5.74, 6) is 0.221. The molecule has 7 nitrogen and oxygen atoms in total. The first-order valence-corrected chi connectivity index (χ1v) is 10.6. The van der Waals surface area contributed by atoms with Crippen molar-refractivity contribution in [3.63, 3.8) is 0 Å². The van der Waals surface area contributed by atoms with Gasteiger partial charge in [-0.05, 0) is 12.1 Å². The van der Waals surface area contributed by atoms with Crippen LogP contribution in [0, 0.1) is 0 Å². The molecule has 0 unspecified atom stereocenters. The van der Waals surface area contributed by atoms with Crippen molar-refractivity contribution in [2.24, 2.45) is 0 Å². The lowest BCUT2D eigenvalue weighted by molar-refractivity contribution is -0.118. The van der Waals surface area contributed by atoms with Crippen molar-refractivity contribution in [3.05, 3.63) is 91.7 Å². The molecular formula is C26H25N5O2. The summed E-state index contributed by atoms with van der Waals surface area (Å²) < 4.78 is 0. The zero-order chi connectivity index (χ0) is 23.4. The predicted molar refractivity (Wildman–Crippen MR) is 131 cm³/mol. The molecule has 0 fully saturated rings. The molecule has 2 heterocycles. The monoisotopic (exact) mass is 439 g/mol. The maximum Gasteiger partial charge on any atom is 0.263 e. The van der Waals surface area contributed by atoms with Crippen LogP contribution in [0.4, 0.5) is 17.2 Å². The Labute approximate surface area is 193 Å². The lowest BCUT2D eigenvalue weighted by Gasteiger charge is -2.27. The van der Waals surface area contributed by atoms with E-state index in [0.717, 1.165) is 5.56 Å². The highest BCUT2D eigenvalue weighted by Crippen LogP contribution is 2.39. The van der Waals surface area contributed by atoms with Crippen LogP contribution < -0.4 is 9.80 Å². The van der Waals surface area contributed by atoms with E-state index < -0.39 is 0 Å². The van der Waals surface area contributed by atoms with Crippen LogP contribution >= 0.6 is 0 Å². The third-order valence-electron chi connectivity index (χ3n) is 5.41. The van der Waals surface area contributed by atoms with E-state index in [0.29, 0.717) is 30.3 Å². The van der Waals surface area contributed by atoms with Crippen molar-refractivity contribution in [1.82, 2.24) is 14.9 Å². The van der Waals surface area contributed by atoms with E-state index in [4.69, 9.17) is 4.98 Å². The second kappa shape index (κ2) is 9.58. The van der Waals surface area contributed by atoms with Gasteiger partial charge in [-0.25, -0.2) is 9.97 Å². The van der Waals surface area contributed by atoms with E-state index in [2.05, 4.69) is 18.1 Å². The van der Waals surface area contributed by atoms with Gasteiger partial charge in [-0.1, -0.05) is 54.6 Å². The van der Waals surface area contributed by atoms with Crippen LogP contribution in [-0.2, 0) is 4.79 Å². The van der Waals surface area contributed by atoms with E-state index >= 15 is 0 Å². The highest BCUT2D eigenvalue weighted by atomic mass is 16.2. The molecule has 2 aromatic carbocycles. The molecule has 3 aromatic rings. The van der Waals surface area contributed by atoms with Gasteiger partial charge in [0.25, 0.3) is 5.91 Å². The van der Waals surface area contributed by atoms with Crippen LogP contribution in [0.15, 0.2) is 86.1 Å². The van der Waals surface area contributed by atoms with Gasteiger partial charge >= 0.3 is 0 Å². The lowest BCUT2D eigenvalue weighted by atomic mass is 10.2. The van der Waals surface area contributed by atoms with Crippen molar-refractivity contribution in [2.45, 2.75) is 0 Å². The van der Waals surface area contributed by atoms with Crippen molar-refractivity contribution in [2.75, 3.05) is 36.5 Å². The van der Waals surface area contributed by atoms with Gasteiger partial charge in [-0.3, -0.25) is 19.4 Å². The molecule has 0 bridgehead atoms. The standard InChI is InChI=1S/C26H25N5O2/c1-4-15-30(16-5-2)18-23(32)31-22-14-10-9-13-21(22)29(3)26(33)20-17-27-24(28-25(20)31)19-11-7-6-8-12-19/h4-14,17H,1-2,15-16,18H2,3H3. The summed E-state index contributed by atoms with van der Waals surface area (Å²) in [5, 5.41) is 0. The Kier molecular flexibility index (Phi) is 6.42. The van der Waals surface area contributed by atoms with Gasteiger partial charge in [0.1, 0.15) is 5.56 Å². The summed E-state index contributed by atoms with van der Waals surface area (Å²) in [6.45, 7) is 8.72. The molecule has 0 spiro atoms. The van der Waals surface area contributed by atoms with Crippen molar-refractivity contribution in [1.29, 1.82) is 0 Å². The van der Waals surface area contributed by atoms with Crippen LogP contribution in [0.3, 0.4) is 0 Å². The molecular weight excluding hydrogens is 414 g/mol. The van der Waals surface area contributed by atoms with E-state index in [1.165, 1.54) is 16.0 Å². The van der Waals surface area contributed by atoms with Crippen LogP contribution in [0.5, 0.6) is 0 Å². The van der Waals surface area contributed by atoms with E-state index in [1.54, 1.807) is 19.2 Å². The normalized spacial score (nSPS) is 12.7. The maximum atomic E-state index is 13.7. The third kappa shape index (κ3) is 4.31. The highest BCUT2D eigenvalue weighted by Gasteiger charge is 2.34. The molecule has 166 valence electrons. The number of anilines is 3. The Morgan fingerprint density at radius 3 is 2.30 bits per heavy atom. The number of hydrogen-bond donors (Lipinski definition) is 0. The van der Waals surface area contributed by atoms with Gasteiger partial charge in [0, 0.05) is 31.9 Å². The summed E-state index contributed by atoms with van der Waals surface area (Å²) in [6.07, 6.45) is 4.99. The number of hydrogen-bond acceptors (Lipinski definition) is 5. The van der Waals surface area contributed by atoms with Crippen LogP contribution in [0.1, 0.15) is 10.4 Å². The second-order valence-electron chi connectivity index (χ2n) is 7.65. The smallest absolute Gasteiger partial charge is 0.263 e. The number of carbonyl (C=O) groups is 2. The molecule has 1 aliphatic heterocycles.